The second kappa shape index (κ2) is 5.96. The molecular formula is C17H25NO2. The van der Waals surface area contributed by atoms with Gasteiger partial charge in [-0.1, -0.05) is 43.2 Å². The maximum Gasteiger partial charge on any atom is 0.324 e. The van der Waals surface area contributed by atoms with E-state index >= 15 is 0 Å². The van der Waals surface area contributed by atoms with Crippen LogP contribution in [0.15, 0.2) is 24.3 Å². The van der Waals surface area contributed by atoms with Crippen molar-refractivity contribution in [2.24, 2.45) is 0 Å². The third-order valence-corrected chi connectivity index (χ3v) is 4.59. The molecule has 0 radical (unpaired) electrons. The third kappa shape index (κ3) is 2.59. The van der Waals surface area contributed by atoms with E-state index in [1.54, 1.807) is 0 Å². The maximum atomic E-state index is 11.9. The summed E-state index contributed by atoms with van der Waals surface area (Å²) < 4.78 is 0. The number of benzene rings is 1. The lowest BCUT2D eigenvalue weighted by Gasteiger charge is -2.39. The molecule has 1 heterocycles. The van der Waals surface area contributed by atoms with Gasteiger partial charge in [-0.2, -0.15) is 0 Å². The summed E-state index contributed by atoms with van der Waals surface area (Å²) in [5, 5.41) is 9.77. The monoisotopic (exact) mass is 275 g/mol. The minimum Gasteiger partial charge on any atom is -0.480 e. The molecular weight excluding hydrogens is 250 g/mol. The molecule has 110 valence electrons. The summed E-state index contributed by atoms with van der Waals surface area (Å²) in [6.45, 7) is 7.16. The number of hydrogen-bond donors (Lipinski definition) is 1. The second-order valence-corrected chi connectivity index (χ2v) is 5.97. The van der Waals surface area contributed by atoms with Crippen LogP contribution in [0.25, 0.3) is 0 Å². The van der Waals surface area contributed by atoms with Gasteiger partial charge >= 0.3 is 5.97 Å². The number of rotatable bonds is 5. The first-order valence-electron chi connectivity index (χ1n) is 7.58. The van der Waals surface area contributed by atoms with E-state index in [1.807, 2.05) is 0 Å². The number of aryl methyl sites for hydroxylation is 1. The van der Waals surface area contributed by atoms with Crippen LogP contribution in [0, 0.1) is 6.92 Å². The van der Waals surface area contributed by atoms with Crippen LogP contribution in [0.5, 0.6) is 0 Å². The van der Waals surface area contributed by atoms with Gasteiger partial charge in [0.15, 0.2) is 0 Å². The van der Waals surface area contributed by atoms with Crippen LogP contribution in [0.2, 0.25) is 0 Å². The topological polar surface area (TPSA) is 40.5 Å². The van der Waals surface area contributed by atoms with E-state index < -0.39 is 11.5 Å². The zero-order valence-electron chi connectivity index (χ0n) is 12.7. The minimum absolute atomic E-state index is 0.153. The summed E-state index contributed by atoms with van der Waals surface area (Å²) in [4.78, 5) is 14.1. The highest BCUT2D eigenvalue weighted by atomic mass is 16.4. The lowest BCUT2D eigenvalue weighted by Crippen LogP contribution is -2.51. The Bertz CT molecular complexity index is 486. The Balaban J connectivity index is 2.32. The Hall–Kier alpha value is -1.35. The molecule has 0 saturated carbocycles. The zero-order valence-corrected chi connectivity index (χ0v) is 12.7. The number of hydrogen-bond acceptors (Lipinski definition) is 2. The molecule has 2 unspecified atom stereocenters. The van der Waals surface area contributed by atoms with Gasteiger partial charge in [0.2, 0.25) is 0 Å². The Morgan fingerprint density at radius 3 is 2.85 bits per heavy atom. The summed E-state index contributed by atoms with van der Waals surface area (Å²) in [6, 6.07) is 8.56. The smallest absolute Gasteiger partial charge is 0.324 e. The fourth-order valence-corrected chi connectivity index (χ4v) is 3.59. The fourth-order valence-electron chi connectivity index (χ4n) is 3.59. The summed E-state index contributed by atoms with van der Waals surface area (Å²) in [6.07, 6.45) is 3.39. The molecule has 1 aliphatic heterocycles. The fraction of sp³-hybridized carbons (Fsp3) is 0.588. The molecule has 1 N–H and O–H groups in total. The number of nitrogens with zero attached hydrogens (tertiary/aromatic N) is 1. The van der Waals surface area contributed by atoms with E-state index in [4.69, 9.17) is 0 Å². The molecule has 2 rings (SSSR count). The van der Waals surface area contributed by atoms with Crippen molar-refractivity contribution in [3.8, 4) is 0 Å². The summed E-state index contributed by atoms with van der Waals surface area (Å²) in [5.74, 6) is -0.656. The lowest BCUT2D eigenvalue weighted by atomic mass is 9.88. The summed E-state index contributed by atoms with van der Waals surface area (Å²) in [5.41, 5.74) is 1.77. The Morgan fingerprint density at radius 1 is 1.50 bits per heavy atom. The SMILES string of the molecule is CCCC1(C(=O)O)CCCN1C(C)c1cccc(C)c1. The van der Waals surface area contributed by atoms with Gasteiger partial charge in [-0.15, -0.1) is 0 Å². The molecule has 1 aliphatic rings. The molecule has 3 heteroatoms. The van der Waals surface area contributed by atoms with Crippen molar-refractivity contribution in [3.63, 3.8) is 0 Å². The van der Waals surface area contributed by atoms with Gasteiger partial charge in [0.05, 0.1) is 0 Å². The van der Waals surface area contributed by atoms with Gasteiger partial charge < -0.3 is 5.11 Å². The van der Waals surface area contributed by atoms with Crippen molar-refractivity contribution >= 4 is 5.97 Å². The largest absolute Gasteiger partial charge is 0.480 e. The highest BCUT2D eigenvalue weighted by Gasteiger charge is 2.48. The Kier molecular flexibility index (Phi) is 4.48. The molecule has 20 heavy (non-hydrogen) atoms. The number of likely N-dealkylation sites (tertiary alicyclic amines) is 1. The highest BCUT2D eigenvalue weighted by Crippen LogP contribution is 2.40. The standard InChI is InChI=1S/C17H25NO2/c1-4-9-17(16(19)20)10-6-11-18(17)14(3)15-8-5-7-13(2)12-15/h5,7-8,12,14H,4,6,9-11H2,1-3H3,(H,19,20). The van der Waals surface area contributed by atoms with Crippen LogP contribution < -0.4 is 0 Å². The number of carbonyl (C=O) groups is 1. The molecule has 0 aliphatic carbocycles. The summed E-state index contributed by atoms with van der Waals surface area (Å²) in [7, 11) is 0. The predicted molar refractivity (Wildman–Crippen MR) is 80.8 cm³/mol. The van der Waals surface area contributed by atoms with Gasteiger partial charge in [0.25, 0.3) is 0 Å². The highest BCUT2D eigenvalue weighted by molar-refractivity contribution is 5.79. The van der Waals surface area contributed by atoms with Crippen LogP contribution in [0.4, 0.5) is 0 Å². The van der Waals surface area contributed by atoms with E-state index in [1.165, 1.54) is 11.1 Å². The minimum atomic E-state index is -0.669. The second-order valence-electron chi connectivity index (χ2n) is 5.97. The van der Waals surface area contributed by atoms with Crippen molar-refractivity contribution in [2.45, 2.75) is 58.0 Å². The van der Waals surface area contributed by atoms with E-state index in [0.29, 0.717) is 0 Å². The van der Waals surface area contributed by atoms with Crippen molar-refractivity contribution in [1.29, 1.82) is 0 Å². The van der Waals surface area contributed by atoms with E-state index in [2.05, 4.69) is 49.9 Å². The van der Waals surface area contributed by atoms with Gasteiger partial charge in [0.1, 0.15) is 5.54 Å². The molecule has 0 aromatic heterocycles. The van der Waals surface area contributed by atoms with E-state index in [9.17, 15) is 9.90 Å². The van der Waals surface area contributed by atoms with Crippen LogP contribution in [0.3, 0.4) is 0 Å². The quantitative estimate of drug-likeness (QED) is 0.889. The predicted octanol–water partition coefficient (Wildman–Crippen LogP) is 3.78. The van der Waals surface area contributed by atoms with Crippen molar-refractivity contribution < 1.29 is 9.90 Å². The average Bonchev–Trinajstić information content (AvgIpc) is 2.83. The zero-order chi connectivity index (χ0) is 14.8. The van der Waals surface area contributed by atoms with Crippen molar-refractivity contribution in [3.05, 3.63) is 35.4 Å². The van der Waals surface area contributed by atoms with Gasteiger partial charge in [0, 0.05) is 6.04 Å². The normalized spacial score (nSPS) is 24.8. The summed E-state index contributed by atoms with van der Waals surface area (Å²) >= 11 is 0. The molecule has 1 fully saturated rings. The average molecular weight is 275 g/mol. The number of carboxylic acids is 1. The van der Waals surface area contributed by atoms with Crippen LogP contribution in [0.1, 0.15) is 56.7 Å². The molecule has 0 bridgehead atoms. The van der Waals surface area contributed by atoms with Crippen molar-refractivity contribution in [2.75, 3.05) is 6.54 Å². The first kappa shape index (κ1) is 15.0. The number of aliphatic carboxylic acids is 1. The molecule has 1 aromatic rings. The van der Waals surface area contributed by atoms with Gasteiger partial charge in [-0.05, 0) is 45.2 Å². The Labute approximate surface area is 121 Å². The maximum absolute atomic E-state index is 11.9. The molecule has 2 atom stereocenters. The molecule has 3 nitrogen and oxygen atoms in total. The number of carboxylic acid groups (broad SMARTS) is 1. The van der Waals surface area contributed by atoms with E-state index in [-0.39, 0.29) is 6.04 Å². The van der Waals surface area contributed by atoms with Gasteiger partial charge in [-0.3, -0.25) is 9.69 Å². The molecule has 0 spiro atoms. The first-order chi connectivity index (χ1) is 9.51. The molecule has 0 amide bonds. The molecule has 1 saturated heterocycles. The Morgan fingerprint density at radius 2 is 2.25 bits per heavy atom. The van der Waals surface area contributed by atoms with Gasteiger partial charge in [-0.25, -0.2) is 0 Å². The molecule has 1 aromatic carbocycles. The van der Waals surface area contributed by atoms with Crippen LogP contribution >= 0.6 is 0 Å². The van der Waals surface area contributed by atoms with Crippen LogP contribution in [-0.4, -0.2) is 28.1 Å². The van der Waals surface area contributed by atoms with E-state index in [0.717, 1.165) is 32.2 Å². The third-order valence-electron chi connectivity index (χ3n) is 4.59. The van der Waals surface area contributed by atoms with Crippen LogP contribution in [-0.2, 0) is 4.79 Å². The lowest BCUT2D eigenvalue weighted by molar-refractivity contribution is -0.151. The van der Waals surface area contributed by atoms with Crippen molar-refractivity contribution in [1.82, 2.24) is 4.90 Å². The first-order valence-corrected chi connectivity index (χ1v) is 7.58.